The summed E-state index contributed by atoms with van der Waals surface area (Å²) in [6, 6.07) is 0. The molecule has 0 bridgehead atoms. The first-order valence-electron chi connectivity index (χ1n) is 6.17. The number of hydrogen-bond donors (Lipinski definition) is 0. The maximum absolute atomic E-state index is 13.0. The van der Waals surface area contributed by atoms with Gasteiger partial charge in [0.2, 0.25) is 5.91 Å². The summed E-state index contributed by atoms with van der Waals surface area (Å²) in [5.41, 5.74) is -1.10. The number of likely N-dealkylation sites (tertiary alicyclic amines) is 1. The summed E-state index contributed by atoms with van der Waals surface area (Å²) in [5, 5.41) is 0. The molecule has 18 heavy (non-hydrogen) atoms. The van der Waals surface area contributed by atoms with Crippen LogP contribution in [0.25, 0.3) is 0 Å². The summed E-state index contributed by atoms with van der Waals surface area (Å²) in [6.07, 6.45) is 1.08. The van der Waals surface area contributed by atoms with E-state index >= 15 is 0 Å². The van der Waals surface area contributed by atoms with E-state index in [-0.39, 0.29) is 31.8 Å². The molecule has 0 aromatic rings. The maximum atomic E-state index is 13.0. The van der Waals surface area contributed by atoms with Crippen molar-refractivity contribution in [2.45, 2.75) is 38.0 Å². The van der Waals surface area contributed by atoms with Gasteiger partial charge in [-0.3, -0.25) is 9.59 Å². The van der Waals surface area contributed by atoms with Gasteiger partial charge in [-0.15, -0.1) is 0 Å². The third kappa shape index (κ3) is 2.08. The van der Waals surface area contributed by atoms with Gasteiger partial charge in [-0.05, 0) is 12.8 Å². The molecule has 0 N–H and O–H groups in total. The van der Waals surface area contributed by atoms with Gasteiger partial charge in [-0.1, -0.05) is 6.42 Å². The van der Waals surface area contributed by atoms with Gasteiger partial charge in [0.1, 0.15) is 5.41 Å². The van der Waals surface area contributed by atoms with Gasteiger partial charge in [-0.25, -0.2) is 8.78 Å². The van der Waals surface area contributed by atoms with Crippen LogP contribution in [0.3, 0.4) is 0 Å². The molecule has 6 heteroatoms. The standard InChI is InChI=1S/C12H17F2NO3/c1-18-10(17)11(3-2-4-11)9(16)15-7-5-12(13,14)6-8-15/h2-8H2,1H3. The molecular weight excluding hydrogens is 244 g/mol. The first kappa shape index (κ1) is 13.2. The number of rotatable bonds is 2. The molecule has 2 rings (SSSR count). The second-order valence-corrected chi connectivity index (χ2v) is 5.08. The molecule has 102 valence electrons. The Morgan fingerprint density at radius 1 is 1.11 bits per heavy atom. The molecule has 1 heterocycles. The Morgan fingerprint density at radius 2 is 1.67 bits per heavy atom. The zero-order valence-electron chi connectivity index (χ0n) is 10.4. The second-order valence-electron chi connectivity index (χ2n) is 5.08. The van der Waals surface area contributed by atoms with Crippen molar-refractivity contribution >= 4 is 11.9 Å². The van der Waals surface area contributed by atoms with E-state index in [0.717, 1.165) is 6.42 Å². The third-order valence-corrected chi connectivity index (χ3v) is 3.97. The Balaban J connectivity index is 2.05. The van der Waals surface area contributed by atoms with Gasteiger partial charge in [-0.2, -0.15) is 0 Å². The van der Waals surface area contributed by atoms with Crippen LogP contribution in [-0.4, -0.2) is 42.9 Å². The highest BCUT2D eigenvalue weighted by molar-refractivity contribution is 6.03. The van der Waals surface area contributed by atoms with Crippen LogP contribution in [0, 0.1) is 5.41 Å². The minimum Gasteiger partial charge on any atom is -0.468 e. The predicted molar refractivity (Wildman–Crippen MR) is 59.1 cm³/mol. The Morgan fingerprint density at radius 3 is 2.06 bits per heavy atom. The highest BCUT2D eigenvalue weighted by Gasteiger charge is 2.54. The number of piperidine rings is 1. The zero-order chi connectivity index (χ0) is 13.4. The molecule has 1 saturated carbocycles. The molecule has 2 fully saturated rings. The minimum absolute atomic E-state index is 0.0184. The van der Waals surface area contributed by atoms with Crippen LogP contribution in [0.2, 0.25) is 0 Å². The molecule has 4 nitrogen and oxygen atoms in total. The van der Waals surface area contributed by atoms with Crippen molar-refractivity contribution in [1.29, 1.82) is 0 Å². The molecule has 1 aliphatic heterocycles. The molecular formula is C12H17F2NO3. The number of carbonyl (C=O) groups excluding carboxylic acids is 2. The van der Waals surface area contributed by atoms with Crippen LogP contribution >= 0.6 is 0 Å². The van der Waals surface area contributed by atoms with Crippen LogP contribution in [-0.2, 0) is 14.3 Å². The summed E-state index contributed by atoms with van der Waals surface area (Å²) in [6.45, 7) is 0.0369. The SMILES string of the molecule is COC(=O)C1(C(=O)N2CCC(F)(F)CC2)CCC1. The van der Waals surface area contributed by atoms with Crippen molar-refractivity contribution < 1.29 is 23.1 Å². The van der Waals surface area contributed by atoms with Crippen LogP contribution in [0.5, 0.6) is 0 Å². The number of nitrogens with zero attached hydrogens (tertiary/aromatic N) is 1. The van der Waals surface area contributed by atoms with Crippen LogP contribution in [0.15, 0.2) is 0 Å². The Kier molecular flexibility index (Phi) is 3.29. The van der Waals surface area contributed by atoms with E-state index in [9.17, 15) is 18.4 Å². The molecule has 0 radical (unpaired) electrons. The van der Waals surface area contributed by atoms with E-state index in [1.807, 2.05) is 0 Å². The highest BCUT2D eigenvalue weighted by atomic mass is 19.3. The summed E-state index contributed by atoms with van der Waals surface area (Å²) >= 11 is 0. The van der Waals surface area contributed by atoms with Gasteiger partial charge >= 0.3 is 5.97 Å². The van der Waals surface area contributed by atoms with E-state index in [0.29, 0.717) is 12.8 Å². The number of amides is 1. The van der Waals surface area contributed by atoms with E-state index in [1.54, 1.807) is 0 Å². The normalized spacial score (nSPS) is 25.2. The minimum atomic E-state index is -2.69. The fourth-order valence-electron chi connectivity index (χ4n) is 2.57. The van der Waals surface area contributed by atoms with E-state index in [2.05, 4.69) is 4.74 Å². The van der Waals surface area contributed by atoms with Crippen LogP contribution in [0.4, 0.5) is 8.78 Å². The van der Waals surface area contributed by atoms with Gasteiger partial charge in [0, 0.05) is 25.9 Å². The first-order valence-corrected chi connectivity index (χ1v) is 6.17. The summed E-state index contributed by atoms with van der Waals surface area (Å²) in [4.78, 5) is 25.4. The van der Waals surface area contributed by atoms with Crippen molar-refractivity contribution in [3.63, 3.8) is 0 Å². The predicted octanol–water partition coefficient (Wildman–Crippen LogP) is 1.59. The Bertz CT molecular complexity index is 356. The molecule has 0 atom stereocenters. The molecule has 1 amide bonds. The zero-order valence-corrected chi connectivity index (χ0v) is 10.4. The van der Waals surface area contributed by atoms with Gasteiger partial charge in [0.15, 0.2) is 0 Å². The quantitative estimate of drug-likeness (QED) is 0.560. The van der Waals surface area contributed by atoms with Gasteiger partial charge in [0.05, 0.1) is 7.11 Å². The van der Waals surface area contributed by atoms with Gasteiger partial charge < -0.3 is 9.64 Å². The largest absolute Gasteiger partial charge is 0.468 e. The molecule has 0 spiro atoms. The topological polar surface area (TPSA) is 46.6 Å². The van der Waals surface area contributed by atoms with E-state index in [1.165, 1.54) is 12.0 Å². The van der Waals surface area contributed by atoms with Crippen molar-refractivity contribution in [1.82, 2.24) is 4.90 Å². The van der Waals surface area contributed by atoms with Crippen molar-refractivity contribution in [2.24, 2.45) is 5.41 Å². The fourth-order valence-corrected chi connectivity index (χ4v) is 2.57. The van der Waals surface area contributed by atoms with E-state index < -0.39 is 17.3 Å². The summed E-state index contributed by atoms with van der Waals surface area (Å²) < 4.78 is 30.7. The Hall–Kier alpha value is -1.20. The average Bonchev–Trinajstić information content (AvgIpc) is 2.27. The van der Waals surface area contributed by atoms with Crippen LogP contribution < -0.4 is 0 Å². The number of ether oxygens (including phenoxy) is 1. The molecule has 0 unspecified atom stereocenters. The van der Waals surface area contributed by atoms with Crippen molar-refractivity contribution in [3.8, 4) is 0 Å². The number of alkyl halides is 2. The molecule has 1 saturated heterocycles. The van der Waals surface area contributed by atoms with Gasteiger partial charge in [0.25, 0.3) is 5.92 Å². The number of hydrogen-bond acceptors (Lipinski definition) is 3. The first-order chi connectivity index (χ1) is 8.41. The average molecular weight is 261 g/mol. The lowest BCUT2D eigenvalue weighted by Gasteiger charge is -2.42. The number of carbonyl (C=O) groups is 2. The highest BCUT2D eigenvalue weighted by Crippen LogP contribution is 2.44. The fraction of sp³-hybridized carbons (Fsp3) is 0.833. The molecule has 1 aliphatic carbocycles. The van der Waals surface area contributed by atoms with E-state index in [4.69, 9.17) is 0 Å². The third-order valence-electron chi connectivity index (χ3n) is 3.97. The molecule has 0 aromatic carbocycles. The lowest BCUT2D eigenvalue weighted by molar-refractivity contribution is -0.172. The monoisotopic (exact) mass is 261 g/mol. The molecule has 0 aromatic heterocycles. The lowest BCUT2D eigenvalue weighted by atomic mass is 9.67. The number of methoxy groups -OCH3 is 1. The van der Waals surface area contributed by atoms with Crippen molar-refractivity contribution in [2.75, 3.05) is 20.2 Å². The summed E-state index contributed by atoms with van der Waals surface area (Å²) in [7, 11) is 1.25. The summed E-state index contributed by atoms with van der Waals surface area (Å²) in [5.74, 6) is -3.55. The Labute approximate surface area is 104 Å². The number of halogens is 2. The van der Waals surface area contributed by atoms with Crippen LogP contribution in [0.1, 0.15) is 32.1 Å². The maximum Gasteiger partial charge on any atom is 0.321 e. The smallest absolute Gasteiger partial charge is 0.321 e. The second kappa shape index (κ2) is 4.48. The number of esters is 1. The lowest BCUT2D eigenvalue weighted by Crippen LogP contribution is -2.55. The van der Waals surface area contributed by atoms with Crippen molar-refractivity contribution in [3.05, 3.63) is 0 Å². The molecule has 2 aliphatic rings.